The summed E-state index contributed by atoms with van der Waals surface area (Å²) in [6.07, 6.45) is -1.09. The predicted molar refractivity (Wildman–Crippen MR) is 48.0 cm³/mol. The Kier molecular flexibility index (Phi) is 7.31. The summed E-state index contributed by atoms with van der Waals surface area (Å²) in [4.78, 5) is 18.7. The molecule has 0 rings (SSSR count). The molecule has 0 bridgehead atoms. The molecular formula is C5H11O6PS. The largest absolute Gasteiger partial charge is 0.462 e. The average Bonchev–Trinajstić information content (AvgIpc) is 2.10. The van der Waals surface area contributed by atoms with Gasteiger partial charge in [-0.15, -0.1) is 0 Å². The molecular weight excluding hydrogens is 219 g/mol. The van der Waals surface area contributed by atoms with Crippen LogP contribution in [0.15, 0.2) is 0 Å². The number of hydrogen-bond donors (Lipinski definition) is 3. The molecule has 0 spiro atoms. The number of esters is 1. The highest BCUT2D eigenvalue weighted by Crippen LogP contribution is 2.14. The second-order valence-electron chi connectivity index (χ2n) is 2.07. The minimum Gasteiger partial charge on any atom is -0.462 e. The summed E-state index contributed by atoms with van der Waals surface area (Å²) < 4.78 is 18.7. The summed E-state index contributed by atoms with van der Waals surface area (Å²) in [5.74, 6) is -0.650. The Morgan fingerprint density at radius 3 is 2.62 bits per heavy atom. The fraction of sp³-hybridized carbons (Fsp3) is 0.800. The second kappa shape index (κ2) is 7.34. The van der Waals surface area contributed by atoms with Gasteiger partial charge in [0.15, 0.2) is 0 Å². The van der Waals surface area contributed by atoms with E-state index < -0.39 is 20.3 Å². The standard InChI is InChI=1S/C5H11O6PS/c6-4(2-11-12(8)9)1-10-5(7)3-13/h4,6,12-13H,1-3H2,(H,8,9)/t4-/m1/s1. The van der Waals surface area contributed by atoms with Crippen LogP contribution in [0.4, 0.5) is 0 Å². The fourth-order valence-electron chi connectivity index (χ4n) is 0.450. The molecule has 78 valence electrons. The normalized spacial score (nSPS) is 15.0. The highest BCUT2D eigenvalue weighted by molar-refractivity contribution is 7.81. The molecule has 0 aromatic heterocycles. The SMILES string of the molecule is O=C(CS)OC[C@@H](O)CO[PH](=O)O. The molecule has 0 amide bonds. The Balaban J connectivity index is 3.45. The Labute approximate surface area is 81.2 Å². The van der Waals surface area contributed by atoms with Crippen LogP contribution in [0, 0.1) is 0 Å². The van der Waals surface area contributed by atoms with E-state index in [1.807, 2.05) is 0 Å². The van der Waals surface area contributed by atoms with Gasteiger partial charge < -0.3 is 19.3 Å². The van der Waals surface area contributed by atoms with Crippen molar-refractivity contribution in [2.75, 3.05) is 19.0 Å². The minimum absolute atomic E-state index is 0.0792. The number of carbonyl (C=O) groups excluding carboxylic acids is 1. The lowest BCUT2D eigenvalue weighted by Gasteiger charge is -2.09. The van der Waals surface area contributed by atoms with Crippen molar-refractivity contribution in [3.63, 3.8) is 0 Å². The van der Waals surface area contributed by atoms with Crippen molar-refractivity contribution in [3.8, 4) is 0 Å². The van der Waals surface area contributed by atoms with Crippen molar-refractivity contribution in [2.45, 2.75) is 6.10 Å². The molecule has 0 saturated carbocycles. The molecule has 0 saturated heterocycles. The van der Waals surface area contributed by atoms with Gasteiger partial charge in [-0.05, 0) is 0 Å². The molecule has 0 aliphatic rings. The van der Waals surface area contributed by atoms with E-state index in [4.69, 9.17) is 10.00 Å². The highest BCUT2D eigenvalue weighted by Gasteiger charge is 2.08. The first-order chi connectivity index (χ1) is 6.06. The maximum atomic E-state index is 10.5. The van der Waals surface area contributed by atoms with Gasteiger partial charge in [0.25, 0.3) is 0 Å². The lowest BCUT2D eigenvalue weighted by molar-refractivity contribution is -0.143. The monoisotopic (exact) mass is 230 g/mol. The molecule has 6 nitrogen and oxygen atoms in total. The molecule has 2 N–H and O–H groups in total. The van der Waals surface area contributed by atoms with Gasteiger partial charge in [0.2, 0.25) is 0 Å². The third-order valence-electron chi connectivity index (χ3n) is 0.965. The van der Waals surface area contributed by atoms with Crippen LogP contribution in [-0.2, 0) is 18.6 Å². The topological polar surface area (TPSA) is 93.1 Å². The zero-order valence-corrected chi connectivity index (χ0v) is 8.57. The van der Waals surface area contributed by atoms with Gasteiger partial charge in [0, 0.05) is 0 Å². The Hall–Kier alpha value is -0.0700. The number of thiol groups is 1. The number of aliphatic hydroxyl groups excluding tert-OH is 1. The van der Waals surface area contributed by atoms with Crippen LogP contribution in [0.2, 0.25) is 0 Å². The summed E-state index contributed by atoms with van der Waals surface area (Å²) in [7, 11) is -3.04. The van der Waals surface area contributed by atoms with E-state index in [-0.39, 0.29) is 19.0 Å². The zero-order chi connectivity index (χ0) is 10.3. The van der Waals surface area contributed by atoms with E-state index in [0.29, 0.717) is 0 Å². The summed E-state index contributed by atoms with van der Waals surface area (Å²) >= 11 is 3.63. The summed E-state index contributed by atoms with van der Waals surface area (Å²) in [5.41, 5.74) is 0. The Bertz CT molecular complexity index is 186. The number of ether oxygens (including phenoxy) is 1. The minimum atomic E-state index is -3.04. The van der Waals surface area contributed by atoms with Gasteiger partial charge in [-0.3, -0.25) is 9.36 Å². The molecule has 0 fully saturated rings. The van der Waals surface area contributed by atoms with Crippen molar-refractivity contribution in [1.82, 2.24) is 0 Å². The van der Waals surface area contributed by atoms with Gasteiger partial charge >= 0.3 is 14.2 Å². The maximum absolute atomic E-state index is 10.5. The molecule has 13 heavy (non-hydrogen) atoms. The molecule has 8 heteroatoms. The number of rotatable bonds is 6. The van der Waals surface area contributed by atoms with Crippen molar-refractivity contribution in [1.29, 1.82) is 0 Å². The molecule has 0 aliphatic carbocycles. The lowest BCUT2D eigenvalue weighted by atomic mass is 10.4. The molecule has 0 aromatic carbocycles. The van der Waals surface area contributed by atoms with E-state index in [0.717, 1.165) is 0 Å². The van der Waals surface area contributed by atoms with Crippen LogP contribution in [0.3, 0.4) is 0 Å². The third-order valence-corrected chi connectivity index (χ3v) is 1.64. The van der Waals surface area contributed by atoms with Gasteiger partial charge in [0.05, 0.1) is 12.4 Å². The molecule has 1 unspecified atom stereocenters. The second-order valence-corrected chi connectivity index (χ2v) is 3.21. The van der Waals surface area contributed by atoms with Crippen LogP contribution in [0.1, 0.15) is 0 Å². The van der Waals surface area contributed by atoms with Gasteiger partial charge in [-0.25, -0.2) is 0 Å². The molecule has 0 aliphatic heterocycles. The summed E-state index contributed by atoms with van der Waals surface area (Å²) in [6, 6.07) is 0. The van der Waals surface area contributed by atoms with Crippen molar-refractivity contribution >= 4 is 26.9 Å². The van der Waals surface area contributed by atoms with Crippen LogP contribution in [0.25, 0.3) is 0 Å². The smallest absolute Gasteiger partial charge is 0.316 e. The first-order valence-corrected chi connectivity index (χ1v) is 5.26. The van der Waals surface area contributed by atoms with Crippen LogP contribution in [-0.4, -0.2) is 41.0 Å². The maximum Gasteiger partial charge on any atom is 0.316 e. The van der Waals surface area contributed by atoms with Crippen molar-refractivity contribution in [2.24, 2.45) is 0 Å². The van der Waals surface area contributed by atoms with Gasteiger partial charge in [-0.2, -0.15) is 12.6 Å². The highest BCUT2D eigenvalue weighted by atomic mass is 32.1. The summed E-state index contributed by atoms with van der Waals surface area (Å²) in [5, 5.41) is 8.98. The van der Waals surface area contributed by atoms with E-state index in [9.17, 15) is 9.36 Å². The van der Waals surface area contributed by atoms with E-state index in [1.165, 1.54) is 0 Å². The first-order valence-electron chi connectivity index (χ1n) is 3.36. The predicted octanol–water partition coefficient (Wildman–Crippen LogP) is -0.781. The van der Waals surface area contributed by atoms with Gasteiger partial charge in [-0.1, -0.05) is 0 Å². The quantitative estimate of drug-likeness (QED) is 0.315. The van der Waals surface area contributed by atoms with E-state index in [2.05, 4.69) is 21.9 Å². The Morgan fingerprint density at radius 2 is 2.15 bits per heavy atom. The Morgan fingerprint density at radius 1 is 1.54 bits per heavy atom. The zero-order valence-electron chi connectivity index (χ0n) is 6.67. The number of aliphatic hydroxyl groups is 1. The molecule has 2 atom stereocenters. The average molecular weight is 230 g/mol. The summed E-state index contributed by atoms with van der Waals surface area (Å²) in [6.45, 7) is -0.608. The van der Waals surface area contributed by atoms with E-state index in [1.54, 1.807) is 0 Å². The molecule has 0 aromatic rings. The van der Waals surface area contributed by atoms with Crippen molar-refractivity contribution in [3.05, 3.63) is 0 Å². The molecule has 0 radical (unpaired) electrons. The third kappa shape index (κ3) is 8.27. The van der Waals surface area contributed by atoms with E-state index >= 15 is 0 Å². The van der Waals surface area contributed by atoms with Crippen LogP contribution < -0.4 is 0 Å². The first kappa shape index (κ1) is 12.9. The lowest BCUT2D eigenvalue weighted by Crippen LogP contribution is -2.23. The number of carbonyl (C=O) groups is 1. The molecule has 0 heterocycles. The van der Waals surface area contributed by atoms with Crippen LogP contribution in [0.5, 0.6) is 0 Å². The number of hydrogen-bond acceptors (Lipinski definition) is 6. The van der Waals surface area contributed by atoms with Gasteiger partial charge in [0.1, 0.15) is 12.7 Å². The van der Waals surface area contributed by atoms with Crippen molar-refractivity contribution < 1.29 is 28.6 Å². The fourth-order valence-corrected chi connectivity index (χ4v) is 0.877. The van der Waals surface area contributed by atoms with Crippen LogP contribution >= 0.6 is 20.9 Å².